The van der Waals surface area contributed by atoms with Gasteiger partial charge in [-0.05, 0) is 25.1 Å². The first kappa shape index (κ1) is 12.0. The van der Waals surface area contributed by atoms with E-state index in [-0.39, 0.29) is 0 Å². The fraction of sp³-hybridized carbons (Fsp3) is 0.0667. The predicted molar refractivity (Wildman–Crippen MR) is 75.1 cm³/mol. The number of benzene rings is 2. The van der Waals surface area contributed by atoms with Gasteiger partial charge in [0.2, 0.25) is 0 Å². The van der Waals surface area contributed by atoms with Crippen LogP contribution in [0.3, 0.4) is 0 Å². The van der Waals surface area contributed by atoms with Crippen molar-refractivity contribution in [2.75, 3.05) is 5.73 Å². The average molecular weight is 237 g/mol. The molecule has 3 rings (SSSR count). The van der Waals surface area contributed by atoms with Crippen LogP contribution >= 0.6 is 0 Å². The Balaban J connectivity index is 0.000000138. The standard InChI is InChI=1S/C8H6N2.C7H9N/c1-2-4-8-7(3-1)5-9-6-10-8;1-6-2-4-7(8)5-3-6/h1-6H;2-5H,8H2,1H3. The Morgan fingerprint density at radius 1 is 0.944 bits per heavy atom. The Bertz CT molecular complexity index is 531. The van der Waals surface area contributed by atoms with Crippen LogP contribution in [0, 0.1) is 6.92 Å². The molecule has 0 aliphatic heterocycles. The molecule has 3 nitrogen and oxygen atoms in total. The minimum Gasteiger partial charge on any atom is -0.399 e. The van der Waals surface area contributed by atoms with E-state index in [0.717, 1.165) is 16.6 Å². The SMILES string of the molecule is Cc1ccc(N)cc1.c1ccc2ncncc2c1. The van der Waals surface area contributed by atoms with E-state index >= 15 is 0 Å². The number of hydrogen-bond acceptors (Lipinski definition) is 3. The van der Waals surface area contributed by atoms with E-state index in [1.165, 1.54) is 5.56 Å². The first-order chi connectivity index (χ1) is 8.75. The Morgan fingerprint density at radius 2 is 1.67 bits per heavy atom. The molecule has 0 radical (unpaired) electrons. The van der Waals surface area contributed by atoms with Gasteiger partial charge in [0.15, 0.2) is 0 Å². The predicted octanol–water partition coefficient (Wildman–Crippen LogP) is 3.21. The normalized spacial score (nSPS) is 9.61. The van der Waals surface area contributed by atoms with Crippen LogP contribution in [0.4, 0.5) is 5.69 Å². The number of anilines is 1. The molecule has 0 atom stereocenters. The van der Waals surface area contributed by atoms with Crippen molar-refractivity contribution in [3.63, 3.8) is 0 Å². The van der Waals surface area contributed by atoms with Crippen molar-refractivity contribution in [1.29, 1.82) is 0 Å². The summed E-state index contributed by atoms with van der Waals surface area (Å²) in [6.45, 7) is 2.04. The minimum atomic E-state index is 0.829. The Labute approximate surface area is 106 Å². The fourth-order valence-corrected chi connectivity index (χ4v) is 1.49. The highest BCUT2D eigenvalue weighted by molar-refractivity contribution is 5.76. The van der Waals surface area contributed by atoms with Crippen LogP contribution < -0.4 is 5.73 Å². The zero-order valence-corrected chi connectivity index (χ0v) is 10.2. The number of para-hydroxylation sites is 1. The van der Waals surface area contributed by atoms with Gasteiger partial charge in [-0.15, -0.1) is 0 Å². The molecular formula is C15H15N3. The van der Waals surface area contributed by atoms with Gasteiger partial charge in [0.05, 0.1) is 5.52 Å². The van der Waals surface area contributed by atoms with E-state index in [2.05, 4.69) is 9.97 Å². The molecule has 0 aliphatic rings. The van der Waals surface area contributed by atoms with Crippen molar-refractivity contribution in [2.45, 2.75) is 6.92 Å². The van der Waals surface area contributed by atoms with Gasteiger partial charge in [-0.1, -0.05) is 35.9 Å². The van der Waals surface area contributed by atoms with Gasteiger partial charge in [0.25, 0.3) is 0 Å². The van der Waals surface area contributed by atoms with Crippen LogP contribution in [0.25, 0.3) is 10.9 Å². The molecule has 2 aromatic carbocycles. The lowest BCUT2D eigenvalue weighted by atomic mass is 10.2. The molecule has 0 amide bonds. The molecule has 90 valence electrons. The summed E-state index contributed by atoms with van der Waals surface area (Å²) in [6.07, 6.45) is 3.37. The number of rotatable bonds is 0. The summed E-state index contributed by atoms with van der Waals surface area (Å²) in [6, 6.07) is 15.7. The smallest absolute Gasteiger partial charge is 0.116 e. The van der Waals surface area contributed by atoms with Crippen LogP contribution in [0.5, 0.6) is 0 Å². The summed E-state index contributed by atoms with van der Waals surface area (Å²) in [7, 11) is 0. The summed E-state index contributed by atoms with van der Waals surface area (Å²) < 4.78 is 0. The number of nitrogens with zero attached hydrogens (tertiary/aromatic N) is 2. The molecule has 0 fully saturated rings. The lowest BCUT2D eigenvalue weighted by molar-refractivity contribution is 1.22. The van der Waals surface area contributed by atoms with Crippen molar-refractivity contribution < 1.29 is 0 Å². The Morgan fingerprint density at radius 3 is 2.33 bits per heavy atom. The van der Waals surface area contributed by atoms with Gasteiger partial charge in [-0.25, -0.2) is 9.97 Å². The second-order valence-corrected chi connectivity index (χ2v) is 3.99. The average Bonchev–Trinajstić information content (AvgIpc) is 2.43. The fourth-order valence-electron chi connectivity index (χ4n) is 1.49. The first-order valence-electron chi connectivity index (χ1n) is 5.72. The number of fused-ring (bicyclic) bond motifs is 1. The van der Waals surface area contributed by atoms with Crippen molar-refractivity contribution in [2.24, 2.45) is 0 Å². The molecule has 3 heteroatoms. The van der Waals surface area contributed by atoms with E-state index in [1.807, 2.05) is 61.7 Å². The maximum atomic E-state index is 5.43. The van der Waals surface area contributed by atoms with Gasteiger partial charge in [-0.2, -0.15) is 0 Å². The molecular weight excluding hydrogens is 222 g/mol. The number of nitrogen functional groups attached to an aromatic ring is 1. The van der Waals surface area contributed by atoms with Crippen LogP contribution in [-0.2, 0) is 0 Å². The second kappa shape index (κ2) is 5.77. The van der Waals surface area contributed by atoms with Crippen LogP contribution in [0.2, 0.25) is 0 Å². The number of aryl methyl sites for hydroxylation is 1. The zero-order chi connectivity index (χ0) is 12.8. The highest BCUT2D eigenvalue weighted by atomic mass is 14.8. The van der Waals surface area contributed by atoms with Crippen LogP contribution in [0.1, 0.15) is 5.56 Å². The van der Waals surface area contributed by atoms with E-state index in [1.54, 1.807) is 6.33 Å². The molecule has 0 saturated carbocycles. The quantitative estimate of drug-likeness (QED) is 0.611. The third-order valence-corrected chi connectivity index (χ3v) is 2.49. The van der Waals surface area contributed by atoms with Crippen molar-refractivity contribution in [3.05, 3.63) is 66.6 Å². The molecule has 0 unspecified atom stereocenters. The maximum absolute atomic E-state index is 5.43. The summed E-state index contributed by atoms with van der Waals surface area (Å²) >= 11 is 0. The van der Waals surface area contributed by atoms with Gasteiger partial charge in [0, 0.05) is 17.3 Å². The summed E-state index contributed by atoms with van der Waals surface area (Å²) in [5.74, 6) is 0. The maximum Gasteiger partial charge on any atom is 0.116 e. The molecule has 0 aliphatic carbocycles. The van der Waals surface area contributed by atoms with Gasteiger partial charge in [0.1, 0.15) is 6.33 Å². The molecule has 0 spiro atoms. The van der Waals surface area contributed by atoms with Crippen LogP contribution in [0.15, 0.2) is 61.1 Å². The Hall–Kier alpha value is -2.42. The lowest BCUT2D eigenvalue weighted by Gasteiger charge is -1.90. The molecule has 3 aromatic rings. The topological polar surface area (TPSA) is 51.8 Å². The summed E-state index contributed by atoms with van der Waals surface area (Å²) in [4.78, 5) is 7.97. The molecule has 0 saturated heterocycles. The minimum absolute atomic E-state index is 0.829. The second-order valence-electron chi connectivity index (χ2n) is 3.99. The molecule has 2 N–H and O–H groups in total. The first-order valence-corrected chi connectivity index (χ1v) is 5.72. The Kier molecular flexibility index (Phi) is 3.86. The molecule has 18 heavy (non-hydrogen) atoms. The zero-order valence-electron chi connectivity index (χ0n) is 10.2. The molecule has 1 heterocycles. The molecule has 1 aromatic heterocycles. The summed E-state index contributed by atoms with van der Waals surface area (Å²) in [5.41, 5.74) is 8.50. The van der Waals surface area contributed by atoms with Crippen molar-refractivity contribution in [1.82, 2.24) is 9.97 Å². The highest BCUT2D eigenvalue weighted by Gasteiger charge is 1.87. The number of aromatic nitrogens is 2. The van der Waals surface area contributed by atoms with Gasteiger partial charge < -0.3 is 5.73 Å². The van der Waals surface area contributed by atoms with E-state index in [9.17, 15) is 0 Å². The van der Waals surface area contributed by atoms with E-state index in [4.69, 9.17) is 5.73 Å². The van der Waals surface area contributed by atoms with E-state index < -0.39 is 0 Å². The van der Waals surface area contributed by atoms with Gasteiger partial charge >= 0.3 is 0 Å². The monoisotopic (exact) mass is 237 g/mol. The molecule has 0 bridgehead atoms. The third-order valence-electron chi connectivity index (χ3n) is 2.49. The van der Waals surface area contributed by atoms with Crippen LogP contribution in [-0.4, -0.2) is 9.97 Å². The van der Waals surface area contributed by atoms with E-state index in [0.29, 0.717) is 0 Å². The lowest BCUT2D eigenvalue weighted by Crippen LogP contribution is -1.81. The highest BCUT2D eigenvalue weighted by Crippen LogP contribution is 2.06. The number of nitrogens with two attached hydrogens (primary N) is 1. The largest absolute Gasteiger partial charge is 0.399 e. The number of hydrogen-bond donors (Lipinski definition) is 1. The third kappa shape index (κ3) is 3.28. The van der Waals surface area contributed by atoms with Crippen molar-refractivity contribution >= 4 is 16.6 Å². The van der Waals surface area contributed by atoms with Gasteiger partial charge in [-0.3, -0.25) is 0 Å². The van der Waals surface area contributed by atoms with Crippen molar-refractivity contribution in [3.8, 4) is 0 Å². The summed E-state index contributed by atoms with van der Waals surface area (Å²) in [5, 5.41) is 1.09.